The Bertz CT molecular complexity index is 848. The molecular weight excluding hydrogens is 363 g/mol. The van der Waals surface area contributed by atoms with Crippen LogP contribution in [0.15, 0.2) is 42.6 Å². The predicted molar refractivity (Wildman–Crippen MR) is 97.3 cm³/mol. The normalized spacial score (nSPS) is 10.5. The van der Waals surface area contributed by atoms with Crippen LogP contribution in [0.25, 0.3) is 11.3 Å². The van der Waals surface area contributed by atoms with Gasteiger partial charge in [-0.3, -0.25) is 0 Å². The number of ether oxygens (including phenoxy) is 1. The lowest BCUT2D eigenvalue weighted by Gasteiger charge is -2.07. The van der Waals surface area contributed by atoms with Gasteiger partial charge in [-0.25, -0.2) is 4.98 Å². The van der Waals surface area contributed by atoms with Crippen LogP contribution < -0.4 is 10.1 Å². The van der Waals surface area contributed by atoms with E-state index in [9.17, 15) is 5.11 Å². The van der Waals surface area contributed by atoms with Gasteiger partial charge in [-0.2, -0.15) is 0 Å². The monoisotopic (exact) mass is 376 g/mol. The number of phenols is 1. The summed E-state index contributed by atoms with van der Waals surface area (Å²) in [6.45, 7) is 0.557. The highest BCUT2D eigenvalue weighted by atomic mass is 35.5. The standard InChI is InChI=1S/C17H14Cl2N4O2/c1-25-12-4-2-10(3-5-12)8-20-17-21-9-15(22-23-17)11-6-13(18)16(24)14(19)7-11/h2-7,9,24H,8H2,1H3,(H,20,21,23). The highest BCUT2D eigenvalue weighted by Crippen LogP contribution is 2.35. The minimum atomic E-state index is -0.161. The number of nitrogens with zero attached hydrogens (tertiary/aromatic N) is 3. The van der Waals surface area contributed by atoms with Gasteiger partial charge in [0.25, 0.3) is 0 Å². The van der Waals surface area contributed by atoms with Crippen LogP contribution >= 0.6 is 23.2 Å². The molecule has 0 aliphatic heterocycles. The van der Waals surface area contributed by atoms with Crippen LogP contribution in [0.5, 0.6) is 11.5 Å². The second kappa shape index (κ2) is 7.55. The maximum Gasteiger partial charge on any atom is 0.242 e. The van der Waals surface area contributed by atoms with E-state index in [1.165, 1.54) is 0 Å². The third-order valence-corrected chi connectivity index (χ3v) is 4.06. The van der Waals surface area contributed by atoms with Gasteiger partial charge in [0.1, 0.15) is 11.4 Å². The van der Waals surface area contributed by atoms with Crippen molar-refractivity contribution in [1.82, 2.24) is 15.2 Å². The van der Waals surface area contributed by atoms with Crippen molar-refractivity contribution in [3.05, 3.63) is 58.2 Å². The second-order valence-electron chi connectivity index (χ2n) is 5.16. The largest absolute Gasteiger partial charge is 0.505 e. The van der Waals surface area contributed by atoms with Crippen molar-refractivity contribution >= 4 is 29.2 Å². The van der Waals surface area contributed by atoms with E-state index in [1.807, 2.05) is 24.3 Å². The minimum absolute atomic E-state index is 0.144. The zero-order valence-corrected chi connectivity index (χ0v) is 14.7. The number of aromatic hydroxyl groups is 1. The van der Waals surface area contributed by atoms with Crippen LogP contribution in [0, 0.1) is 0 Å². The summed E-state index contributed by atoms with van der Waals surface area (Å²) in [5.41, 5.74) is 2.18. The molecule has 0 aliphatic carbocycles. The fourth-order valence-electron chi connectivity index (χ4n) is 2.13. The van der Waals surface area contributed by atoms with Gasteiger partial charge in [0.15, 0.2) is 5.75 Å². The number of nitrogens with one attached hydrogen (secondary N) is 1. The van der Waals surface area contributed by atoms with E-state index in [0.717, 1.165) is 11.3 Å². The smallest absolute Gasteiger partial charge is 0.242 e. The first-order valence-electron chi connectivity index (χ1n) is 7.31. The van der Waals surface area contributed by atoms with Crippen LogP contribution in [-0.2, 0) is 6.54 Å². The van der Waals surface area contributed by atoms with Gasteiger partial charge in [0.2, 0.25) is 5.95 Å². The summed E-state index contributed by atoms with van der Waals surface area (Å²) in [7, 11) is 1.63. The lowest BCUT2D eigenvalue weighted by Crippen LogP contribution is -2.05. The highest BCUT2D eigenvalue weighted by molar-refractivity contribution is 6.37. The van der Waals surface area contributed by atoms with Gasteiger partial charge in [0, 0.05) is 12.1 Å². The van der Waals surface area contributed by atoms with Crippen molar-refractivity contribution in [3.63, 3.8) is 0 Å². The van der Waals surface area contributed by atoms with E-state index < -0.39 is 0 Å². The molecule has 2 N–H and O–H groups in total. The van der Waals surface area contributed by atoms with Gasteiger partial charge in [-0.05, 0) is 29.8 Å². The molecule has 0 saturated carbocycles. The van der Waals surface area contributed by atoms with Gasteiger partial charge < -0.3 is 15.2 Å². The molecule has 3 aromatic rings. The first-order valence-corrected chi connectivity index (χ1v) is 8.07. The fraction of sp³-hybridized carbons (Fsp3) is 0.118. The van der Waals surface area contributed by atoms with Crippen molar-refractivity contribution in [1.29, 1.82) is 0 Å². The Kier molecular flexibility index (Phi) is 5.21. The molecule has 0 fully saturated rings. The number of phenolic OH excluding ortho intramolecular Hbond substituents is 1. The number of benzene rings is 2. The van der Waals surface area contributed by atoms with Gasteiger partial charge in [-0.15, -0.1) is 10.2 Å². The van der Waals surface area contributed by atoms with Crippen LogP contribution in [0.3, 0.4) is 0 Å². The summed E-state index contributed by atoms with van der Waals surface area (Å²) >= 11 is 11.8. The van der Waals surface area contributed by atoms with Gasteiger partial charge in [-0.1, -0.05) is 35.3 Å². The maximum absolute atomic E-state index is 9.60. The maximum atomic E-state index is 9.60. The molecule has 6 nitrogen and oxygen atoms in total. The van der Waals surface area contributed by atoms with Crippen molar-refractivity contribution in [2.45, 2.75) is 6.54 Å². The van der Waals surface area contributed by atoms with E-state index in [2.05, 4.69) is 20.5 Å². The minimum Gasteiger partial charge on any atom is -0.505 e. The summed E-state index contributed by atoms with van der Waals surface area (Å²) in [6.07, 6.45) is 1.56. The number of rotatable bonds is 5. The Morgan fingerprint density at radius 2 is 1.76 bits per heavy atom. The molecular formula is C17H14Cl2N4O2. The quantitative estimate of drug-likeness (QED) is 0.695. The predicted octanol–water partition coefficient (Wildman–Crippen LogP) is 4.17. The third-order valence-electron chi connectivity index (χ3n) is 3.48. The average Bonchev–Trinajstić information content (AvgIpc) is 2.65. The van der Waals surface area contributed by atoms with E-state index in [-0.39, 0.29) is 15.8 Å². The Labute approximate surface area is 154 Å². The number of aromatic nitrogens is 3. The molecule has 3 rings (SSSR count). The molecule has 1 aromatic heterocycles. The van der Waals surface area contributed by atoms with Crippen LogP contribution in [0.2, 0.25) is 10.0 Å². The van der Waals surface area contributed by atoms with Gasteiger partial charge in [0.05, 0.1) is 23.4 Å². The summed E-state index contributed by atoms with van der Waals surface area (Å²) in [5, 5.41) is 21.1. The second-order valence-corrected chi connectivity index (χ2v) is 5.97. The topological polar surface area (TPSA) is 80.2 Å². The number of anilines is 1. The highest BCUT2D eigenvalue weighted by Gasteiger charge is 2.10. The molecule has 128 valence electrons. The van der Waals surface area contributed by atoms with Crippen molar-refractivity contribution in [2.75, 3.05) is 12.4 Å². The number of halogens is 2. The third kappa shape index (κ3) is 4.10. The van der Waals surface area contributed by atoms with E-state index in [1.54, 1.807) is 25.4 Å². The Balaban J connectivity index is 1.69. The molecule has 1 heterocycles. The van der Waals surface area contributed by atoms with E-state index in [4.69, 9.17) is 27.9 Å². The average molecular weight is 377 g/mol. The number of methoxy groups -OCH3 is 1. The zero-order valence-electron chi connectivity index (χ0n) is 13.2. The number of hydrogen-bond acceptors (Lipinski definition) is 6. The lowest BCUT2D eigenvalue weighted by molar-refractivity contribution is 0.414. The van der Waals surface area contributed by atoms with E-state index >= 15 is 0 Å². The zero-order chi connectivity index (χ0) is 17.8. The molecule has 0 spiro atoms. The molecule has 0 unspecified atom stereocenters. The Morgan fingerprint density at radius 1 is 1.08 bits per heavy atom. The summed E-state index contributed by atoms with van der Waals surface area (Å²) in [4.78, 5) is 4.23. The molecule has 25 heavy (non-hydrogen) atoms. The molecule has 0 radical (unpaired) electrons. The molecule has 0 saturated heterocycles. The van der Waals surface area contributed by atoms with E-state index in [0.29, 0.717) is 23.8 Å². The summed E-state index contributed by atoms with van der Waals surface area (Å²) in [5.74, 6) is 1.04. The van der Waals surface area contributed by atoms with Crippen LogP contribution in [-0.4, -0.2) is 27.4 Å². The first-order chi connectivity index (χ1) is 12.1. The van der Waals surface area contributed by atoms with Crippen molar-refractivity contribution in [2.24, 2.45) is 0 Å². The molecule has 0 amide bonds. The first kappa shape index (κ1) is 17.3. The SMILES string of the molecule is COc1ccc(CNc2ncc(-c3cc(Cl)c(O)c(Cl)c3)nn2)cc1. The Morgan fingerprint density at radius 3 is 2.32 bits per heavy atom. The summed E-state index contributed by atoms with van der Waals surface area (Å²) in [6, 6.07) is 10.8. The molecule has 0 bridgehead atoms. The fourth-order valence-corrected chi connectivity index (χ4v) is 2.61. The summed E-state index contributed by atoms with van der Waals surface area (Å²) < 4.78 is 5.12. The molecule has 2 aromatic carbocycles. The van der Waals surface area contributed by atoms with Gasteiger partial charge >= 0.3 is 0 Å². The lowest BCUT2D eigenvalue weighted by atomic mass is 10.1. The van der Waals surface area contributed by atoms with Crippen molar-refractivity contribution in [3.8, 4) is 22.8 Å². The molecule has 0 atom stereocenters. The van der Waals surface area contributed by atoms with Crippen LogP contribution in [0.4, 0.5) is 5.95 Å². The molecule has 8 heteroatoms. The Hall–Kier alpha value is -2.57. The number of hydrogen-bond donors (Lipinski definition) is 2. The molecule has 0 aliphatic rings. The van der Waals surface area contributed by atoms with Crippen molar-refractivity contribution < 1.29 is 9.84 Å². The van der Waals surface area contributed by atoms with Crippen LogP contribution in [0.1, 0.15) is 5.56 Å².